The van der Waals surface area contributed by atoms with Crippen LogP contribution in [0.15, 0.2) is 0 Å². The van der Waals surface area contributed by atoms with Crippen molar-refractivity contribution in [2.75, 3.05) is 0 Å². The van der Waals surface area contributed by atoms with Crippen molar-refractivity contribution in [1.82, 2.24) is 0 Å². The van der Waals surface area contributed by atoms with Gasteiger partial charge in [-0.2, -0.15) is 0 Å². The number of rotatable bonds is 4. The van der Waals surface area contributed by atoms with Gasteiger partial charge in [0.25, 0.3) is 0 Å². The van der Waals surface area contributed by atoms with Crippen LogP contribution in [0.1, 0.15) is 54.5 Å². The summed E-state index contributed by atoms with van der Waals surface area (Å²) in [5, 5.41) is 10.2. The van der Waals surface area contributed by atoms with Gasteiger partial charge in [0, 0.05) is 5.02 Å². The lowest BCUT2D eigenvalue weighted by atomic mass is 9.91. The van der Waals surface area contributed by atoms with Crippen LogP contribution in [-0.2, 0) is 36.9 Å². The summed E-state index contributed by atoms with van der Waals surface area (Å²) in [7, 11) is 0. The van der Waals surface area contributed by atoms with Crippen LogP contribution in [0.2, 0.25) is 5.02 Å². The van der Waals surface area contributed by atoms with E-state index < -0.39 is 5.97 Å². The number of carboxylic acid groups (broad SMARTS) is 1. The standard InChI is InChI=1S/C18H23ClO2/c1-10(2)6-11-7-14-15(9-17(20)21)12-4-3-5-13(12)18(19)16(14)8-11/h10-11H,3-9H2,1-2H3,(H,20,21). The van der Waals surface area contributed by atoms with E-state index >= 15 is 0 Å². The van der Waals surface area contributed by atoms with Crippen LogP contribution >= 0.6 is 11.6 Å². The van der Waals surface area contributed by atoms with Crippen molar-refractivity contribution in [3.8, 4) is 0 Å². The Morgan fingerprint density at radius 1 is 1.19 bits per heavy atom. The van der Waals surface area contributed by atoms with Crippen molar-refractivity contribution >= 4 is 17.6 Å². The van der Waals surface area contributed by atoms with E-state index in [1.165, 1.54) is 28.7 Å². The molecule has 3 heteroatoms. The Hall–Kier alpha value is -1.02. The van der Waals surface area contributed by atoms with E-state index in [1.807, 2.05) is 0 Å². The highest BCUT2D eigenvalue weighted by Crippen LogP contribution is 2.44. The van der Waals surface area contributed by atoms with Crippen LogP contribution < -0.4 is 0 Å². The molecule has 0 radical (unpaired) electrons. The smallest absolute Gasteiger partial charge is 0.307 e. The molecule has 1 atom stereocenters. The molecule has 0 aliphatic heterocycles. The molecular formula is C18H23ClO2. The molecule has 114 valence electrons. The minimum Gasteiger partial charge on any atom is -0.481 e. The van der Waals surface area contributed by atoms with Crippen LogP contribution in [0.3, 0.4) is 0 Å². The average Bonchev–Trinajstić information content (AvgIpc) is 2.99. The zero-order chi connectivity index (χ0) is 15.1. The normalized spacial score (nSPS) is 19.9. The number of halogens is 1. The second-order valence-corrected chi connectivity index (χ2v) is 7.41. The average molecular weight is 307 g/mol. The first-order valence-corrected chi connectivity index (χ1v) is 8.40. The number of fused-ring (bicyclic) bond motifs is 2. The zero-order valence-electron chi connectivity index (χ0n) is 12.8. The highest BCUT2D eigenvalue weighted by molar-refractivity contribution is 6.32. The van der Waals surface area contributed by atoms with Crippen molar-refractivity contribution in [2.45, 2.75) is 58.8 Å². The topological polar surface area (TPSA) is 37.3 Å². The van der Waals surface area contributed by atoms with E-state index in [0.717, 1.165) is 42.7 Å². The summed E-state index contributed by atoms with van der Waals surface area (Å²) in [6.07, 6.45) is 6.54. The fourth-order valence-corrected chi connectivity index (χ4v) is 4.70. The van der Waals surface area contributed by atoms with Gasteiger partial charge < -0.3 is 5.11 Å². The van der Waals surface area contributed by atoms with Gasteiger partial charge in [0.05, 0.1) is 6.42 Å². The van der Waals surface area contributed by atoms with Gasteiger partial charge in [-0.1, -0.05) is 25.4 Å². The summed E-state index contributed by atoms with van der Waals surface area (Å²) in [4.78, 5) is 11.3. The van der Waals surface area contributed by atoms with Gasteiger partial charge in [-0.25, -0.2) is 0 Å². The highest BCUT2D eigenvalue weighted by Gasteiger charge is 2.32. The summed E-state index contributed by atoms with van der Waals surface area (Å²) in [5.74, 6) is 0.589. The van der Waals surface area contributed by atoms with Gasteiger partial charge in [-0.05, 0) is 78.2 Å². The van der Waals surface area contributed by atoms with Gasteiger partial charge in [0.1, 0.15) is 0 Å². The predicted octanol–water partition coefficient (Wildman–Crippen LogP) is 4.22. The van der Waals surface area contributed by atoms with Gasteiger partial charge in [0.15, 0.2) is 0 Å². The minimum atomic E-state index is -0.721. The van der Waals surface area contributed by atoms with E-state index in [-0.39, 0.29) is 6.42 Å². The molecule has 0 amide bonds. The molecule has 1 unspecified atom stereocenters. The molecular weight excluding hydrogens is 284 g/mol. The summed E-state index contributed by atoms with van der Waals surface area (Å²) in [6.45, 7) is 4.51. The maximum absolute atomic E-state index is 11.3. The van der Waals surface area contributed by atoms with E-state index in [1.54, 1.807) is 0 Å². The maximum Gasteiger partial charge on any atom is 0.307 e. The van der Waals surface area contributed by atoms with Crippen LogP contribution in [0.25, 0.3) is 0 Å². The molecule has 1 aromatic carbocycles. The third kappa shape index (κ3) is 2.70. The number of benzene rings is 1. The number of carbonyl (C=O) groups is 1. The zero-order valence-corrected chi connectivity index (χ0v) is 13.6. The van der Waals surface area contributed by atoms with E-state index in [2.05, 4.69) is 13.8 Å². The predicted molar refractivity (Wildman–Crippen MR) is 85.2 cm³/mol. The first-order valence-electron chi connectivity index (χ1n) is 8.03. The van der Waals surface area contributed by atoms with Gasteiger partial charge in [-0.15, -0.1) is 0 Å². The number of hydrogen-bond acceptors (Lipinski definition) is 1. The second-order valence-electron chi connectivity index (χ2n) is 7.03. The van der Waals surface area contributed by atoms with E-state index in [4.69, 9.17) is 11.6 Å². The monoisotopic (exact) mass is 306 g/mol. The fourth-order valence-electron chi connectivity index (χ4n) is 4.30. The lowest BCUT2D eigenvalue weighted by Gasteiger charge is -2.15. The summed E-state index contributed by atoms with van der Waals surface area (Å²) in [6, 6.07) is 0. The van der Waals surface area contributed by atoms with Crippen molar-refractivity contribution in [3.05, 3.63) is 32.8 Å². The molecule has 21 heavy (non-hydrogen) atoms. The molecule has 2 aliphatic rings. The highest BCUT2D eigenvalue weighted by atomic mass is 35.5. The first-order chi connectivity index (χ1) is 9.97. The molecule has 0 saturated carbocycles. The van der Waals surface area contributed by atoms with Crippen LogP contribution in [-0.4, -0.2) is 11.1 Å². The first kappa shape index (κ1) is 14.9. The fraction of sp³-hybridized carbons (Fsp3) is 0.611. The Balaban J connectivity index is 2.04. The van der Waals surface area contributed by atoms with Crippen molar-refractivity contribution < 1.29 is 9.90 Å². The van der Waals surface area contributed by atoms with Crippen LogP contribution in [0, 0.1) is 11.8 Å². The van der Waals surface area contributed by atoms with E-state index in [0.29, 0.717) is 11.8 Å². The van der Waals surface area contributed by atoms with Crippen LogP contribution in [0.4, 0.5) is 0 Å². The molecule has 0 spiro atoms. The molecule has 1 aromatic rings. The van der Waals surface area contributed by atoms with Crippen molar-refractivity contribution in [1.29, 1.82) is 0 Å². The minimum absolute atomic E-state index is 0.163. The Labute approximate surface area is 131 Å². The second kappa shape index (κ2) is 5.64. The molecule has 2 nitrogen and oxygen atoms in total. The Morgan fingerprint density at radius 3 is 2.52 bits per heavy atom. The van der Waals surface area contributed by atoms with Crippen molar-refractivity contribution in [3.63, 3.8) is 0 Å². The molecule has 0 fully saturated rings. The quantitative estimate of drug-likeness (QED) is 0.904. The largest absolute Gasteiger partial charge is 0.481 e. The third-order valence-electron chi connectivity index (χ3n) is 4.96. The molecule has 0 saturated heterocycles. The molecule has 2 aliphatic carbocycles. The molecule has 0 heterocycles. The SMILES string of the molecule is CC(C)CC1Cc2c(Cl)c3c(c(CC(=O)O)c2C1)CCC3. The molecule has 0 bridgehead atoms. The van der Waals surface area contributed by atoms with Crippen molar-refractivity contribution in [2.24, 2.45) is 11.8 Å². The Kier molecular flexibility index (Phi) is 4.00. The maximum atomic E-state index is 11.3. The third-order valence-corrected chi connectivity index (χ3v) is 5.42. The summed E-state index contributed by atoms with van der Waals surface area (Å²) in [5.41, 5.74) is 6.14. The molecule has 3 rings (SSSR count). The Morgan fingerprint density at radius 2 is 1.86 bits per heavy atom. The lowest BCUT2D eigenvalue weighted by Crippen LogP contribution is -2.09. The number of hydrogen-bond donors (Lipinski definition) is 1. The summed E-state index contributed by atoms with van der Waals surface area (Å²) >= 11 is 6.66. The van der Waals surface area contributed by atoms with Gasteiger partial charge >= 0.3 is 5.97 Å². The van der Waals surface area contributed by atoms with Gasteiger partial charge in [-0.3, -0.25) is 4.79 Å². The number of aliphatic carboxylic acids is 1. The van der Waals surface area contributed by atoms with E-state index in [9.17, 15) is 9.90 Å². The molecule has 1 N–H and O–H groups in total. The number of carboxylic acids is 1. The van der Waals surface area contributed by atoms with Gasteiger partial charge in [0.2, 0.25) is 0 Å². The molecule has 0 aromatic heterocycles. The Bertz CT molecular complexity index is 590. The summed E-state index contributed by atoms with van der Waals surface area (Å²) < 4.78 is 0. The lowest BCUT2D eigenvalue weighted by molar-refractivity contribution is -0.136. The van der Waals surface area contributed by atoms with Crippen LogP contribution in [0.5, 0.6) is 0 Å².